The Morgan fingerprint density at radius 3 is 2.51 bits per heavy atom. The molecule has 0 aliphatic heterocycles. The van der Waals surface area contributed by atoms with Gasteiger partial charge < -0.3 is 16.4 Å². The summed E-state index contributed by atoms with van der Waals surface area (Å²) in [6.07, 6.45) is 2.96. The van der Waals surface area contributed by atoms with Crippen molar-refractivity contribution in [1.82, 2.24) is 19.5 Å². The summed E-state index contributed by atoms with van der Waals surface area (Å²) in [5.74, 6) is -4.89. The zero-order chi connectivity index (χ0) is 24.9. The summed E-state index contributed by atoms with van der Waals surface area (Å²) in [5.41, 5.74) is 5.69. The predicted molar refractivity (Wildman–Crippen MR) is 122 cm³/mol. The summed E-state index contributed by atoms with van der Waals surface area (Å²) in [6.45, 7) is 0. The molecule has 0 unspecified atom stereocenters. The Hall–Kier alpha value is -3.15. The molecule has 2 saturated carbocycles. The second-order valence-electron chi connectivity index (χ2n) is 9.06. The van der Waals surface area contributed by atoms with E-state index in [4.69, 9.17) is 17.3 Å². The van der Waals surface area contributed by atoms with E-state index in [2.05, 4.69) is 25.6 Å². The zero-order valence-electron chi connectivity index (χ0n) is 18.4. The van der Waals surface area contributed by atoms with Crippen LogP contribution in [-0.4, -0.2) is 37.4 Å². The van der Waals surface area contributed by atoms with E-state index in [0.29, 0.717) is 36.8 Å². The molecule has 1 amide bonds. The van der Waals surface area contributed by atoms with Gasteiger partial charge in [-0.3, -0.25) is 9.36 Å². The van der Waals surface area contributed by atoms with Gasteiger partial charge in [0.1, 0.15) is 17.0 Å². The summed E-state index contributed by atoms with van der Waals surface area (Å²) in [4.78, 5) is 24.7. The first-order chi connectivity index (χ1) is 16.6. The zero-order valence-corrected chi connectivity index (χ0v) is 19.1. The average molecular weight is 512 g/mol. The highest BCUT2D eigenvalue weighted by molar-refractivity contribution is 6.31. The summed E-state index contributed by atoms with van der Waals surface area (Å²) in [6, 6.07) is 1.48. The van der Waals surface area contributed by atoms with E-state index in [1.807, 2.05) is 0 Å². The van der Waals surface area contributed by atoms with E-state index in [0.717, 1.165) is 12.1 Å². The molecular formula is C22H22ClF4N7O. The lowest BCUT2D eigenvalue weighted by atomic mass is 9.85. The number of imidazole rings is 1. The molecule has 0 radical (unpaired) electrons. The number of nitrogens with two attached hydrogens (primary N) is 1. The van der Waals surface area contributed by atoms with Crippen LogP contribution in [0.3, 0.4) is 0 Å². The van der Waals surface area contributed by atoms with Crippen LogP contribution < -0.4 is 16.4 Å². The minimum Gasteiger partial charge on any atom is -0.369 e. The molecule has 5 rings (SSSR count). The number of fused-ring (bicyclic) bond motifs is 1. The molecule has 3 aromatic rings. The van der Waals surface area contributed by atoms with Crippen LogP contribution in [0.1, 0.15) is 44.6 Å². The highest BCUT2D eigenvalue weighted by atomic mass is 35.5. The smallest absolute Gasteiger partial charge is 0.252 e. The molecule has 2 fully saturated rings. The van der Waals surface area contributed by atoms with Crippen molar-refractivity contribution in [3.8, 4) is 0 Å². The van der Waals surface area contributed by atoms with Gasteiger partial charge >= 0.3 is 0 Å². The molecule has 2 aliphatic rings. The third kappa shape index (κ3) is 4.58. The lowest BCUT2D eigenvalue weighted by Crippen LogP contribution is -2.44. The maximum absolute atomic E-state index is 14.6. The number of amides is 1. The third-order valence-electron chi connectivity index (χ3n) is 6.60. The first-order valence-electron chi connectivity index (χ1n) is 11.2. The number of carbonyl (C=O) groups is 1. The summed E-state index contributed by atoms with van der Waals surface area (Å²) in [5, 5.41) is 5.34. The lowest BCUT2D eigenvalue weighted by molar-refractivity contribution is -0.122. The molecule has 0 saturated heterocycles. The van der Waals surface area contributed by atoms with Crippen molar-refractivity contribution in [1.29, 1.82) is 0 Å². The van der Waals surface area contributed by atoms with E-state index in [-0.39, 0.29) is 47.6 Å². The van der Waals surface area contributed by atoms with Crippen LogP contribution in [-0.2, 0) is 4.79 Å². The van der Waals surface area contributed by atoms with Gasteiger partial charge in [0.15, 0.2) is 11.5 Å². The predicted octanol–water partition coefficient (Wildman–Crippen LogP) is 4.93. The molecule has 186 valence electrons. The number of nitrogens with zero attached hydrogens (tertiary/aromatic N) is 4. The molecule has 35 heavy (non-hydrogen) atoms. The van der Waals surface area contributed by atoms with Gasteiger partial charge in [0.25, 0.3) is 5.92 Å². The Labute approximate surface area is 202 Å². The molecule has 13 heteroatoms. The number of primary amides is 1. The first kappa shape index (κ1) is 23.6. The minimum absolute atomic E-state index is 0.115. The molecule has 2 aliphatic carbocycles. The normalized spacial score (nSPS) is 22.1. The molecule has 2 heterocycles. The molecule has 0 bridgehead atoms. The number of anilines is 3. The molecule has 1 aromatic carbocycles. The van der Waals surface area contributed by atoms with Gasteiger partial charge in [-0.15, -0.1) is 0 Å². The van der Waals surface area contributed by atoms with E-state index >= 15 is 0 Å². The fourth-order valence-corrected chi connectivity index (χ4v) is 4.87. The highest BCUT2D eigenvalue weighted by Crippen LogP contribution is 2.40. The number of alkyl halides is 2. The topological polar surface area (TPSA) is 111 Å². The van der Waals surface area contributed by atoms with Crippen LogP contribution in [0, 0.1) is 17.6 Å². The summed E-state index contributed by atoms with van der Waals surface area (Å²) < 4.78 is 57.2. The maximum atomic E-state index is 14.6. The number of halogens is 5. The number of rotatable bonds is 6. The van der Waals surface area contributed by atoms with Gasteiger partial charge in [0.05, 0.1) is 11.2 Å². The Morgan fingerprint density at radius 1 is 1.14 bits per heavy atom. The Morgan fingerprint density at radius 2 is 1.86 bits per heavy atom. The van der Waals surface area contributed by atoms with Gasteiger partial charge in [0, 0.05) is 30.8 Å². The molecular weight excluding hydrogens is 490 g/mol. The van der Waals surface area contributed by atoms with E-state index in [1.54, 1.807) is 4.57 Å². The van der Waals surface area contributed by atoms with E-state index in [9.17, 15) is 22.4 Å². The van der Waals surface area contributed by atoms with Crippen LogP contribution in [0.15, 0.2) is 18.3 Å². The highest BCUT2D eigenvalue weighted by Gasteiger charge is 2.45. The van der Waals surface area contributed by atoms with Gasteiger partial charge in [-0.05, 0) is 37.8 Å². The standard InChI is InChI=1S/C22H22ClF4N7O/c23-13-5-6-14(24)17(16(13)25)32-21-31-15-9-29-20(30-11-7-22(26,27)8-11)33-19(15)34(21)12-3-1-10(2-4-12)18(28)35/h5-6,9-12H,1-4,7-8H2,(H2,28,35)(H,31,32)(H,29,30,33)/t10-,12+. The second-order valence-corrected chi connectivity index (χ2v) is 9.47. The molecule has 2 aromatic heterocycles. The number of hydrogen-bond donors (Lipinski definition) is 3. The fraction of sp³-hybridized carbons (Fsp3) is 0.455. The van der Waals surface area contributed by atoms with Gasteiger partial charge in [0.2, 0.25) is 17.8 Å². The summed E-state index contributed by atoms with van der Waals surface area (Å²) >= 11 is 5.84. The molecule has 8 nitrogen and oxygen atoms in total. The van der Waals surface area contributed by atoms with Crippen molar-refractivity contribution in [3.05, 3.63) is 35.0 Å². The van der Waals surface area contributed by atoms with Crippen molar-refractivity contribution in [2.24, 2.45) is 11.7 Å². The Bertz CT molecular complexity index is 1280. The summed E-state index contributed by atoms with van der Waals surface area (Å²) in [7, 11) is 0. The monoisotopic (exact) mass is 511 g/mol. The number of nitrogens with one attached hydrogen (secondary N) is 2. The number of hydrogen-bond acceptors (Lipinski definition) is 6. The van der Waals surface area contributed by atoms with Gasteiger partial charge in [-0.25, -0.2) is 27.5 Å². The first-order valence-corrected chi connectivity index (χ1v) is 11.6. The van der Waals surface area contributed by atoms with Crippen molar-refractivity contribution >= 4 is 46.3 Å². The Kier molecular flexibility index (Phi) is 5.94. The van der Waals surface area contributed by atoms with Crippen LogP contribution in [0.25, 0.3) is 11.2 Å². The van der Waals surface area contributed by atoms with Crippen molar-refractivity contribution in [2.75, 3.05) is 10.6 Å². The number of aromatic nitrogens is 4. The van der Waals surface area contributed by atoms with Crippen LogP contribution >= 0.6 is 11.6 Å². The van der Waals surface area contributed by atoms with Crippen LogP contribution in [0.2, 0.25) is 5.02 Å². The number of benzene rings is 1. The molecule has 4 N–H and O–H groups in total. The average Bonchev–Trinajstić information content (AvgIpc) is 3.15. The largest absolute Gasteiger partial charge is 0.369 e. The third-order valence-corrected chi connectivity index (χ3v) is 6.89. The second kappa shape index (κ2) is 8.81. The molecule has 0 spiro atoms. The van der Waals surface area contributed by atoms with Crippen molar-refractivity contribution < 1.29 is 22.4 Å². The SMILES string of the molecule is NC(=O)[C@H]1CC[C@@H](n2c(Nc3c(F)ccc(Cl)c3F)nc3cnc(NC4CC(F)(F)C4)nc32)CC1. The van der Waals surface area contributed by atoms with Crippen LogP contribution in [0.4, 0.5) is 35.1 Å². The van der Waals surface area contributed by atoms with Crippen molar-refractivity contribution in [2.45, 2.75) is 56.5 Å². The van der Waals surface area contributed by atoms with E-state index < -0.39 is 29.3 Å². The van der Waals surface area contributed by atoms with Gasteiger partial charge in [-0.1, -0.05) is 11.6 Å². The molecule has 0 atom stereocenters. The number of carbonyl (C=O) groups excluding carboxylic acids is 1. The maximum Gasteiger partial charge on any atom is 0.252 e. The quantitative estimate of drug-likeness (QED) is 0.320. The van der Waals surface area contributed by atoms with Crippen LogP contribution in [0.5, 0.6) is 0 Å². The lowest BCUT2D eigenvalue weighted by Gasteiger charge is -2.35. The van der Waals surface area contributed by atoms with Crippen molar-refractivity contribution in [3.63, 3.8) is 0 Å². The minimum atomic E-state index is -2.70. The van der Waals surface area contributed by atoms with E-state index in [1.165, 1.54) is 6.20 Å². The fourth-order valence-electron chi connectivity index (χ4n) is 4.71. The van der Waals surface area contributed by atoms with Gasteiger partial charge in [-0.2, -0.15) is 4.98 Å². The Balaban J connectivity index is 1.52.